The molecule has 0 aliphatic rings. The molecule has 6 nitrogen and oxygen atoms in total. The first-order valence-corrected chi connectivity index (χ1v) is 7.69. The van der Waals surface area contributed by atoms with Crippen LogP contribution in [0.2, 0.25) is 0 Å². The highest BCUT2D eigenvalue weighted by atomic mass is 32.1. The van der Waals surface area contributed by atoms with Gasteiger partial charge in [0.25, 0.3) is 5.91 Å². The van der Waals surface area contributed by atoms with Crippen LogP contribution in [-0.2, 0) is 0 Å². The van der Waals surface area contributed by atoms with Crippen LogP contribution >= 0.6 is 34.4 Å². The van der Waals surface area contributed by atoms with E-state index in [1.807, 2.05) is 16.8 Å². The molecule has 0 aromatic carbocycles. The van der Waals surface area contributed by atoms with Crippen molar-refractivity contribution in [1.82, 2.24) is 18.9 Å². The van der Waals surface area contributed by atoms with Gasteiger partial charge in [-0.2, -0.15) is 20.7 Å². The summed E-state index contributed by atoms with van der Waals surface area (Å²) >= 11 is 3.80. The third-order valence-electron chi connectivity index (χ3n) is 2.28. The van der Waals surface area contributed by atoms with E-state index in [0.717, 1.165) is 28.6 Å². The Morgan fingerprint density at radius 1 is 1.37 bits per heavy atom. The SMILES string of the molecule is Cc1nnsc1C(=O)Nc1nc(-c2ccsc2)ns1. The van der Waals surface area contributed by atoms with Crippen molar-refractivity contribution < 1.29 is 4.79 Å². The van der Waals surface area contributed by atoms with Crippen molar-refractivity contribution >= 4 is 45.4 Å². The first kappa shape index (κ1) is 12.3. The van der Waals surface area contributed by atoms with Crippen LogP contribution in [0, 0.1) is 6.92 Å². The largest absolute Gasteiger partial charge is 0.296 e. The van der Waals surface area contributed by atoms with Crippen LogP contribution in [0.4, 0.5) is 5.13 Å². The van der Waals surface area contributed by atoms with E-state index in [1.54, 1.807) is 18.3 Å². The second-order valence-electron chi connectivity index (χ2n) is 3.58. The number of amides is 1. The number of aromatic nitrogens is 4. The lowest BCUT2D eigenvalue weighted by Gasteiger charge is -1.97. The minimum Gasteiger partial charge on any atom is -0.296 e. The molecule has 0 saturated carbocycles. The zero-order chi connectivity index (χ0) is 13.2. The summed E-state index contributed by atoms with van der Waals surface area (Å²) in [6.45, 7) is 1.75. The van der Waals surface area contributed by atoms with E-state index < -0.39 is 0 Å². The number of nitrogens with zero attached hydrogens (tertiary/aromatic N) is 4. The number of thiophene rings is 1. The van der Waals surface area contributed by atoms with E-state index >= 15 is 0 Å². The highest BCUT2D eigenvalue weighted by Crippen LogP contribution is 2.23. The average Bonchev–Trinajstić information content (AvgIpc) is 3.07. The summed E-state index contributed by atoms with van der Waals surface area (Å²) in [5.74, 6) is 0.376. The molecular formula is C10H7N5OS3. The third-order valence-corrected chi connectivity index (χ3v) is 4.42. The van der Waals surface area contributed by atoms with Crippen molar-refractivity contribution in [1.29, 1.82) is 0 Å². The van der Waals surface area contributed by atoms with Gasteiger partial charge in [-0.3, -0.25) is 10.1 Å². The van der Waals surface area contributed by atoms with Gasteiger partial charge in [-0.15, -0.1) is 5.10 Å². The Balaban J connectivity index is 1.78. The van der Waals surface area contributed by atoms with Gasteiger partial charge in [0.1, 0.15) is 4.88 Å². The van der Waals surface area contributed by atoms with Gasteiger partial charge in [0.05, 0.1) is 5.69 Å². The molecule has 0 spiro atoms. The molecule has 0 atom stereocenters. The molecule has 0 radical (unpaired) electrons. The maximum absolute atomic E-state index is 12.0. The highest BCUT2D eigenvalue weighted by molar-refractivity contribution is 7.11. The summed E-state index contributed by atoms with van der Waals surface area (Å²) in [6, 6.07) is 1.94. The quantitative estimate of drug-likeness (QED) is 0.804. The highest BCUT2D eigenvalue weighted by Gasteiger charge is 2.15. The molecule has 3 rings (SSSR count). The summed E-state index contributed by atoms with van der Waals surface area (Å²) in [6.07, 6.45) is 0. The molecule has 0 aliphatic carbocycles. The van der Waals surface area contributed by atoms with Gasteiger partial charge in [-0.1, -0.05) is 4.49 Å². The zero-order valence-electron chi connectivity index (χ0n) is 9.65. The van der Waals surface area contributed by atoms with Crippen LogP contribution in [-0.4, -0.2) is 24.9 Å². The summed E-state index contributed by atoms with van der Waals surface area (Å²) in [7, 11) is 0. The lowest BCUT2D eigenvalue weighted by Crippen LogP contribution is -2.11. The number of carbonyl (C=O) groups excluding carboxylic acids is 1. The van der Waals surface area contributed by atoms with Crippen molar-refractivity contribution in [3.8, 4) is 11.4 Å². The predicted octanol–water partition coefficient (Wildman–Crippen LogP) is 2.68. The van der Waals surface area contributed by atoms with Crippen molar-refractivity contribution in [2.24, 2.45) is 0 Å². The summed E-state index contributed by atoms with van der Waals surface area (Å²) in [5, 5.41) is 10.9. The fraction of sp³-hybridized carbons (Fsp3) is 0.100. The first-order chi connectivity index (χ1) is 9.24. The van der Waals surface area contributed by atoms with Crippen LogP contribution in [0.3, 0.4) is 0 Å². The van der Waals surface area contributed by atoms with Crippen molar-refractivity contribution in [3.05, 3.63) is 27.4 Å². The number of hydrogen-bond acceptors (Lipinski definition) is 8. The lowest BCUT2D eigenvalue weighted by molar-refractivity contribution is 0.103. The molecule has 1 N–H and O–H groups in total. The van der Waals surface area contributed by atoms with E-state index in [9.17, 15) is 4.79 Å². The Labute approximate surface area is 120 Å². The second-order valence-corrected chi connectivity index (χ2v) is 5.86. The minimum atomic E-state index is -0.250. The molecule has 96 valence electrons. The third kappa shape index (κ3) is 2.53. The van der Waals surface area contributed by atoms with Crippen molar-refractivity contribution in [3.63, 3.8) is 0 Å². The fourth-order valence-electron chi connectivity index (χ4n) is 1.38. The smallest absolute Gasteiger partial charge is 0.271 e. The van der Waals surface area contributed by atoms with Gasteiger partial charge in [0, 0.05) is 22.5 Å². The Hall–Kier alpha value is -1.71. The van der Waals surface area contributed by atoms with Crippen molar-refractivity contribution in [2.45, 2.75) is 6.92 Å². The maximum Gasteiger partial charge on any atom is 0.271 e. The van der Waals surface area contributed by atoms with Crippen LogP contribution < -0.4 is 5.32 Å². The maximum atomic E-state index is 12.0. The van der Waals surface area contributed by atoms with E-state index in [0.29, 0.717) is 21.5 Å². The molecule has 9 heteroatoms. The van der Waals surface area contributed by atoms with Crippen LogP contribution in [0.25, 0.3) is 11.4 Å². The Morgan fingerprint density at radius 2 is 2.26 bits per heavy atom. The fourth-order valence-corrected chi connectivity index (χ4v) is 3.15. The Bertz CT molecular complexity index is 702. The number of rotatable bonds is 3. The van der Waals surface area contributed by atoms with E-state index in [1.165, 1.54) is 0 Å². The standard InChI is InChI=1S/C10H7N5OS3/c1-5-7(18-15-13-5)9(16)12-10-11-8(14-19-10)6-2-3-17-4-6/h2-4H,1H3,(H,11,12,14,16). The summed E-state index contributed by atoms with van der Waals surface area (Å²) in [5.41, 5.74) is 1.57. The van der Waals surface area contributed by atoms with E-state index in [2.05, 4.69) is 24.3 Å². The normalized spacial score (nSPS) is 10.6. The number of anilines is 1. The number of nitrogens with one attached hydrogen (secondary N) is 1. The zero-order valence-corrected chi connectivity index (χ0v) is 12.1. The molecule has 3 aromatic heterocycles. The average molecular weight is 309 g/mol. The van der Waals surface area contributed by atoms with Gasteiger partial charge < -0.3 is 0 Å². The molecule has 3 heterocycles. The first-order valence-electron chi connectivity index (χ1n) is 5.20. The van der Waals surface area contributed by atoms with E-state index in [-0.39, 0.29) is 5.91 Å². The van der Waals surface area contributed by atoms with E-state index in [4.69, 9.17) is 0 Å². The van der Waals surface area contributed by atoms with Gasteiger partial charge in [-0.05, 0) is 29.9 Å². The number of hydrogen-bond donors (Lipinski definition) is 1. The lowest BCUT2D eigenvalue weighted by atomic mass is 10.3. The number of aryl methyl sites for hydroxylation is 1. The molecular weight excluding hydrogens is 302 g/mol. The van der Waals surface area contributed by atoms with Gasteiger partial charge in [0.2, 0.25) is 5.13 Å². The van der Waals surface area contributed by atoms with Gasteiger partial charge in [0.15, 0.2) is 5.82 Å². The Morgan fingerprint density at radius 3 is 2.95 bits per heavy atom. The predicted molar refractivity (Wildman–Crippen MR) is 75.8 cm³/mol. The van der Waals surface area contributed by atoms with Crippen LogP contribution in [0.5, 0.6) is 0 Å². The van der Waals surface area contributed by atoms with Gasteiger partial charge >= 0.3 is 0 Å². The monoisotopic (exact) mass is 309 g/mol. The molecule has 19 heavy (non-hydrogen) atoms. The Kier molecular flexibility index (Phi) is 3.32. The molecule has 0 aliphatic heterocycles. The minimum absolute atomic E-state index is 0.250. The topological polar surface area (TPSA) is 80.7 Å². The molecule has 0 bridgehead atoms. The molecule has 0 unspecified atom stereocenters. The van der Waals surface area contributed by atoms with Crippen LogP contribution in [0.1, 0.15) is 15.4 Å². The van der Waals surface area contributed by atoms with Gasteiger partial charge in [-0.25, -0.2) is 0 Å². The molecule has 0 saturated heterocycles. The summed E-state index contributed by atoms with van der Waals surface area (Å²) in [4.78, 5) is 16.7. The van der Waals surface area contributed by atoms with Crippen LogP contribution in [0.15, 0.2) is 16.8 Å². The second kappa shape index (κ2) is 5.11. The molecule has 3 aromatic rings. The summed E-state index contributed by atoms with van der Waals surface area (Å²) < 4.78 is 7.94. The van der Waals surface area contributed by atoms with Crippen molar-refractivity contribution in [2.75, 3.05) is 5.32 Å². The molecule has 0 fully saturated rings. The number of carbonyl (C=O) groups is 1. The molecule has 1 amide bonds.